The third kappa shape index (κ3) is 4.11. The average Bonchev–Trinajstić information content (AvgIpc) is 3.13. The first-order chi connectivity index (χ1) is 12.1. The van der Waals surface area contributed by atoms with Crippen molar-refractivity contribution in [1.29, 1.82) is 0 Å². The van der Waals surface area contributed by atoms with Gasteiger partial charge < -0.3 is 9.64 Å². The van der Waals surface area contributed by atoms with Gasteiger partial charge in [0.15, 0.2) is 5.82 Å². The number of halogens is 3. The van der Waals surface area contributed by atoms with Gasteiger partial charge in [0.25, 0.3) is 0 Å². The van der Waals surface area contributed by atoms with Gasteiger partial charge in [0.1, 0.15) is 16.6 Å². The SMILES string of the molecule is COc1ccc([C@@H]2[C@@H]3CN(c4nc(C)ncc4Cl)C[C@@H]3CN2C)cc1.Cl.Cl. The lowest BCUT2D eigenvalue weighted by Gasteiger charge is -2.27. The van der Waals surface area contributed by atoms with E-state index in [0.717, 1.165) is 37.0 Å². The molecule has 1 aromatic carbocycles. The van der Waals surface area contributed by atoms with Crippen LogP contribution in [0, 0.1) is 18.8 Å². The lowest BCUT2D eigenvalue weighted by atomic mass is 9.89. The van der Waals surface area contributed by atoms with Crippen LogP contribution in [-0.2, 0) is 0 Å². The van der Waals surface area contributed by atoms with E-state index in [1.54, 1.807) is 13.3 Å². The molecule has 0 N–H and O–H groups in total. The summed E-state index contributed by atoms with van der Waals surface area (Å²) >= 11 is 6.36. The van der Waals surface area contributed by atoms with Crippen molar-refractivity contribution in [2.45, 2.75) is 13.0 Å². The van der Waals surface area contributed by atoms with Crippen LogP contribution in [0.5, 0.6) is 5.75 Å². The molecule has 27 heavy (non-hydrogen) atoms. The zero-order valence-electron chi connectivity index (χ0n) is 15.6. The third-order valence-corrected chi connectivity index (χ3v) is 5.76. The number of hydrogen-bond acceptors (Lipinski definition) is 5. The summed E-state index contributed by atoms with van der Waals surface area (Å²) in [5.41, 5.74) is 1.35. The molecule has 0 unspecified atom stereocenters. The largest absolute Gasteiger partial charge is 0.497 e. The van der Waals surface area contributed by atoms with E-state index in [0.29, 0.717) is 22.9 Å². The van der Waals surface area contributed by atoms with E-state index in [-0.39, 0.29) is 24.8 Å². The number of aryl methyl sites for hydroxylation is 1. The van der Waals surface area contributed by atoms with Gasteiger partial charge in [0.2, 0.25) is 0 Å². The molecule has 0 amide bonds. The van der Waals surface area contributed by atoms with E-state index in [4.69, 9.17) is 16.3 Å². The lowest BCUT2D eigenvalue weighted by Crippen LogP contribution is -2.29. The predicted octanol–water partition coefficient (Wildman–Crippen LogP) is 4.03. The number of likely N-dealkylation sites (tertiary alicyclic amines) is 1. The molecule has 0 bridgehead atoms. The topological polar surface area (TPSA) is 41.5 Å². The van der Waals surface area contributed by atoms with Gasteiger partial charge in [-0.1, -0.05) is 23.7 Å². The second kappa shape index (κ2) is 8.82. The summed E-state index contributed by atoms with van der Waals surface area (Å²) in [6.45, 7) is 4.98. The fraction of sp³-hybridized carbons (Fsp3) is 0.474. The molecule has 2 aliphatic rings. The quantitative estimate of drug-likeness (QED) is 0.734. The number of nitrogens with zero attached hydrogens (tertiary/aromatic N) is 4. The number of benzene rings is 1. The Morgan fingerprint density at radius 3 is 2.48 bits per heavy atom. The molecule has 148 valence electrons. The van der Waals surface area contributed by atoms with Crippen molar-refractivity contribution in [3.8, 4) is 5.75 Å². The summed E-state index contributed by atoms with van der Waals surface area (Å²) in [5, 5.41) is 0.639. The van der Waals surface area contributed by atoms with Gasteiger partial charge >= 0.3 is 0 Å². The number of anilines is 1. The zero-order valence-corrected chi connectivity index (χ0v) is 18.0. The highest BCUT2D eigenvalue weighted by Gasteiger charge is 2.46. The van der Waals surface area contributed by atoms with Crippen molar-refractivity contribution in [2.24, 2.45) is 11.8 Å². The Morgan fingerprint density at radius 2 is 1.81 bits per heavy atom. The van der Waals surface area contributed by atoms with E-state index in [2.05, 4.69) is 38.9 Å². The highest BCUT2D eigenvalue weighted by atomic mass is 35.5. The molecule has 2 fully saturated rings. The van der Waals surface area contributed by atoms with Crippen LogP contribution in [0.1, 0.15) is 17.4 Å². The molecule has 0 spiro atoms. The van der Waals surface area contributed by atoms with Gasteiger partial charge in [-0.15, -0.1) is 24.8 Å². The number of methoxy groups -OCH3 is 1. The van der Waals surface area contributed by atoms with Crippen molar-refractivity contribution < 1.29 is 4.74 Å². The van der Waals surface area contributed by atoms with Gasteiger partial charge in [0.05, 0.1) is 13.3 Å². The van der Waals surface area contributed by atoms with Crippen molar-refractivity contribution in [3.63, 3.8) is 0 Å². The molecular weight excluding hydrogens is 407 g/mol. The predicted molar refractivity (Wildman–Crippen MR) is 114 cm³/mol. The minimum absolute atomic E-state index is 0. The molecule has 3 heterocycles. The van der Waals surface area contributed by atoms with Crippen LogP contribution >= 0.6 is 36.4 Å². The molecule has 8 heteroatoms. The van der Waals surface area contributed by atoms with Crippen LogP contribution in [0.2, 0.25) is 5.02 Å². The number of ether oxygens (including phenoxy) is 1. The Kier molecular flexibility index (Phi) is 7.20. The fourth-order valence-corrected chi connectivity index (χ4v) is 4.61. The molecule has 0 aliphatic carbocycles. The van der Waals surface area contributed by atoms with Crippen LogP contribution in [-0.4, -0.2) is 48.7 Å². The van der Waals surface area contributed by atoms with Crippen molar-refractivity contribution in [3.05, 3.63) is 46.9 Å². The van der Waals surface area contributed by atoms with E-state index >= 15 is 0 Å². The molecular formula is C19H25Cl3N4O. The second-order valence-electron chi connectivity index (χ2n) is 7.08. The normalized spacial score (nSPS) is 24.1. The Bertz CT molecular complexity index is 774. The van der Waals surface area contributed by atoms with Gasteiger partial charge in [-0.25, -0.2) is 9.97 Å². The Labute approximate surface area is 177 Å². The van der Waals surface area contributed by atoms with Gasteiger partial charge in [0, 0.05) is 31.6 Å². The molecule has 3 atom stereocenters. The number of aromatic nitrogens is 2. The third-order valence-electron chi connectivity index (χ3n) is 5.50. The summed E-state index contributed by atoms with van der Waals surface area (Å²) in [5.74, 6) is 3.74. The molecule has 4 rings (SSSR count). The van der Waals surface area contributed by atoms with Crippen LogP contribution in [0.3, 0.4) is 0 Å². The fourth-order valence-electron chi connectivity index (χ4n) is 4.40. The van der Waals surface area contributed by atoms with Crippen molar-refractivity contribution >= 4 is 42.2 Å². The maximum Gasteiger partial charge on any atom is 0.151 e. The summed E-state index contributed by atoms with van der Waals surface area (Å²) in [6.07, 6.45) is 1.71. The summed E-state index contributed by atoms with van der Waals surface area (Å²) in [7, 11) is 3.92. The molecule has 2 saturated heterocycles. The number of fused-ring (bicyclic) bond motifs is 1. The maximum absolute atomic E-state index is 6.36. The van der Waals surface area contributed by atoms with Crippen LogP contribution in [0.15, 0.2) is 30.5 Å². The molecule has 0 radical (unpaired) electrons. The monoisotopic (exact) mass is 430 g/mol. The van der Waals surface area contributed by atoms with Crippen molar-refractivity contribution in [2.75, 3.05) is 38.7 Å². The second-order valence-corrected chi connectivity index (χ2v) is 7.48. The minimum atomic E-state index is 0. The Balaban J connectivity index is 0.00000131. The van der Waals surface area contributed by atoms with Crippen LogP contribution in [0.4, 0.5) is 5.82 Å². The number of hydrogen-bond donors (Lipinski definition) is 0. The molecule has 5 nitrogen and oxygen atoms in total. The van der Waals surface area contributed by atoms with Crippen LogP contribution < -0.4 is 9.64 Å². The summed E-state index contributed by atoms with van der Waals surface area (Å²) < 4.78 is 5.29. The lowest BCUT2D eigenvalue weighted by molar-refractivity contribution is 0.279. The Hall–Kier alpha value is -1.27. The first-order valence-corrected chi connectivity index (χ1v) is 9.03. The first kappa shape index (κ1) is 22.0. The highest BCUT2D eigenvalue weighted by molar-refractivity contribution is 6.32. The zero-order chi connectivity index (χ0) is 17.6. The molecule has 1 aromatic heterocycles. The van der Waals surface area contributed by atoms with E-state index in [9.17, 15) is 0 Å². The smallest absolute Gasteiger partial charge is 0.151 e. The molecule has 0 saturated carbocycles. The van der Waals surface area contributed by atoms with E-state index in [1.165, 1.54) is 5.56 Å². The summed E-state index contributed by atoms with van der Waals surface area (Å²) in [6, 6.07) is 8.89. The van der Waals surface area contributed by atoms with Gasteiger partial charge in [-0.05, 0) is 37.6 Å². The van der Waals surface area contributed by atoms with E-state index in [1.807, 2.05) is 19.1 Å². The Morgan fingerprint density at radius 1 is 1.11 bits per heavy atom. The maximum atomic E-state index is 6.36. The van der Waals surface area contributed by atoms with Gasteiger partial charge in [-0.2, -0.15) is 0 Å². The minimum Gasteiger partial charge on any atom is -0.497 e. The average molecular weight is 432 g/mol. The van der Waals surface area contributed by atoms with E-state index < -0.39 is 0 Å². The van der Waals surface area contributed by atoms with Crippen LogP contribution in [0.25, 0.3) is 0 Å². The first-order valence-electron chi connectivity index (χ1n) is 8.65. The molecule has 2 aliphatic heterocycles. The van der Waals surface area contributed by atoms with Crippen molar-refractivity contribution in [1.82, 2.24) is 14.9 Å². The highest BCUT2D eigenvalue weighted by Crippen LogP contribution is 2.45. The van der Waals surface area contributed by atoms with Gasteiger partial charge in [-0.3, -0.25) is 4.90 Å². The molecule has 2 aromatic rings. The standard InChI is InChI=1S/C19H23ClN4O.2ClH/c1-12-21-8-17(20)19(22-12)24-10-14-9-23(2)18(16(14)11-24)13-4-6-15(25-3)7-5-13;;/h4-8,14,16,18H,9-11H2,1-3H3;2*1H/t14-,16+,18+;;/m0../s1. The summed E-state index contributed by atoms with van der Waals surface area (Å²) in [4.78, 5) is 13.6. The number of rotatable bonds is 3.